The van der Waals surface area contributed by atoms with Crippen molar-refractivity contribution in [3.8, 4) is 5.75 Å². The van der Waals surface area contributed by atoms with Crippen LogP contribution >= 0.6 is 11.3 Å². The Morgan fingerprint density at radius 3 is 2.69 bits per heavy atom. The highest BCUT2D eigenvalue weighted by molar-refractivity contribution is 7.10. The molecule has 2 aromatic carbocycles. The second kappa shape index (κ2) is 8.93. The van der Waals surface area contributed by atoms with Crippen molar-refractivity contribution >= 4 is 39.4 Å². The number of carbonyl (C=O) groups excluding carboxylic acids is 1. The number of benzene rings is 2. The summed E-state index contributed by atoms with van der Waals surface area (Å²) in [5, 5.41) is 35.7. The van der Waals surface area contributed by atoms with E-state index in [4.69, 9.17) is 0 Å². The average molecular weight is 452 g/mol. The molecule has 0 aliphatic rings. The maximum Gasteiger partial charge on any atom is 0.265 e. The highest BCUT2D eigenvalue weighted by Crippen LogP contribution is 2.31. The zero-order chi connectivity index (χ0) is 22.8. The lowest BCUT2D eigenvalue weighted by Crippen LogP contribution is -2.99. The molecule has 4 rings (SSSR count). The van der Waals surface area contributed by atoms with Gasteiger partial charge in [0, 0.05) is 41.6 Å². The number of rotatable bonds is 7. The molecule has 4 N–H and O–H groups in total. The monoisotopic (exact) mass is 451 g/mol. The predicted molar refractivity (Wildman–Crippen MR) is 123 cm³/mol. The number of anilines is 1. The van der Waals surface area contributed by atoms with Gasteiger partial charge in [-0.05, 0) is 29.6 Å². The number of nitrogens with one attached hydrogen (secondary N) is 2. The number of ketones is 1. The summed E-state index contributed by atoms with van der Waals surface area (Å²) < 4.78 is 1.35. The van der Waals surface area contributed by atoms with Gasteiger partial charge in [-0.1, -0.05) is 24.3 Å². The first-order chi connectivity index (χ1) is 15.4. The number of thiophene rings is 1. The van der Waals surface area contributed by atoms with E-state index in [2.05, 4.69) is 5.32 Å². The number of pyridine rings is 1. The van der Waals surface area contributed by atoms with E-state index < -0.39 is 22.6 Å². The van der Waals surface area contributed by atoms with E-state index in [1.807, 2.05) is 17.5 Å². The Morgan fingerprint density at radius 2 is 1.97 bits per heavy atom. The number of aromatic nitrogens is 1. The summed E-state index contributed by atoms with van der Waals surface area (Å²) >= 11 is 1.44. The first kappa shape index (κ1) is 21.7. The molecule has 2 heterocycles. The highest BCUT2D eigenvalue weighted by Gasteiger charge is 2.25. The van der Waals surface area contributed by atoms with Gasteiger partial charge in [-0.25, -0.2) is 5.21 Å². The summed E-state index contributed by atoms with van der Waals surface area (Å²) in [5.41, 5.74) is 0.363. The van der Waals surface area contributed by atoms with Crippen molar-refractivity contribution in [2.45, 2.75) is 12.5 Å². The van der Waals surface area contributed by atoms with Gasteiger partial charge in [-0.2, -0.15) is 5.23 Å². The quantitative estimate of drug-likeness (QED) is 0.253. The third-order valence-corrected chi connectivity index (χ3v) is 6.27. The minimum atomic E-state index is -1.05. The van der Waals surface area contributed by atoms with Crippen LogP contribution in [0.2, 0.25) is 0 Å². The number of hydrogen-bond acceptors (Lipinski definition) is 7. The molecule has 0 saturated heterocycles. The molecule has 2 atom stereocenters. The first-order valence-corrected chi connectivity index (χ1v) is 10.7. The van der Waals surface area contributed by atoms with E-state index >= 15 is 0 Å². The summed E-state index contributed by atoms with van der Waals surface area (Å²) in [5.74, 6) is -0.833. The number of aryl methyl sites for hydroxylation is 1. The molecule has 0 spiro atoms. The van der Waals surface area contributed by atoms with Gasteiger partial charge in [-0.15, -0.1) is 11.3 Å². The van der Waals surface area contributed by atoms with Crippen molar-refractivity contribution < 1.29 is 20.3 Å². The first-order valence-electron chi connectivity index (χ1n) is 9.84. The van der Waals surface area contributed by atoms with E-state index in [9.17, 15) is 25.1 Å². The fourth-order valence-electron chi connectivity index (χ4n) is 3.67. The van der Waals surface area contributed by atoms with Crippen molar-refractivity contribution in [3.63, 3.8) is 0 Å². The van der Waals surface area contributed by atoms with Gasteiger partial charge < -0.3 is 20.2 Å². The minimum absolute atomic E-state index is 0.0983. The standard InChI is InChI=1S/C23H21N3O5S/c1-25-18-9-3-2-8-16(18)22(28)21(23(25)29)19(27)13-17(20-10-5-11-32-20)24-14-6-4-7-15(12-14)26(30)31/h2-12,17,24,26,28,30H,13H2,1H3/t17-/m1/s1. The molecule has 2 aromatic heterocycles. The third kappa shape index (κ3) is 4.14. The van der Waals surface area contributed by atoms with Crippen LogP contribution in [0.3, 0.4) is 0 Å². The average Bonchev–Trinajstić information content (AvgIpc) is 3.32. The Hall–Kier alpha value is -3.50. The van der Waals surface area contributed by atoms with Crippen LogP contribution in [0, 0.1) is 5.21 Å². The maximum atomic E-state index is 13.3. The summed E-state index contributed by atoms with van der Waals surface area (Å²) in [6.07, 6.45) is -0.0983. The molecule has 0 amide bonds. The fraction of sp³-hybridized carbons (Fsp3) is 0.130. The largest absolute Gasteiger partial charge is 0.595 e. The molecule has 4 aromatic rings. The molecule has 0 fully saturated rings. The van der Waals surface area contributed by atoms with Gasteiger partial charge in [0.1, 0.15) is 11.3 Å². The minimum Gasteiger partial charge on any atom is -0.595 e. The van der Waals surface area contributed by atoms with E-state index in [-0.39, 0.29) is 23.4 Å². The number of quaternary nitrogens is 1. The molecule has 32 heavy (non-hydrogen) atoms. The van der Waals surface area contributed by atoms with Gasteiger partial charge in [0.15, 0.2) is 11.5 Å². The van der Waals surface area contributed by atoms with Gasteiger partial charge in [0.2, 0.25) is 0 Å². The van der Waals surface area contributed by atoms with Crippen LogP contribution in [-0.4, -0.2) is 20.7 Å². The van der Waals surface area contributed by atoms with E-state index in [1.165, 1.54) is 28.0 Å². The zero-order valence-corrected chi connectivity index (χ0v) is 17.9. The van der Waals surface area contributed by atoms with Crippen LogP contribution in [0.15, 0.2) is 70.8 Å². The molecule has 0 saturated carbocycles. The fourth-order valence-corrected chi connectivity index (χ4v) is 4.45. The molecule has 0 aliphatic carbocycles. The van der Waals surface area contributed by atoms with Crippen LogP contribution in [0.5, 0.6) is 5.75 Å². The van der Waals surface area contributed by atoms with E-state index in [0.29, 0.717) is 16.6 Å². The van der Waals surface area contributed by atoms with Crippen molar-refractivity contribution in [2.24, 2.45) is 7.05 Å². The van der Waals surface area contributed by atoms with Crippen LogP contribution in [0.4, 0.5) is 11.4 Å². The molecule has 0 radical (unpaired) electrons. The zero-order valence-electron chi connectivity index (χ0n) is 17.1. The van der Waals surface area contributed by atoms with Crippen LogP contribution in [-0.2, 0) is 7.05 Å². The van der Waals surface area contributed by atoms with Gasteiger partial charge in [-0.3, -0.25) is 9.59 Å². The van der Waals surface area contributed by atoms with E-state index in [1.54, 1.807) is 43.4 Å². The molecule has 9 heteroatoms. The van der Waals surface area contributed by atoms with Crippen LogP contribution in [0.25, 0.3) is 10.9 Å². The normalized spacial score (nSPS) is 13.1. The lowest BCUT2D eigenvalue weighted by molar-refractivity contribution is -0.991. The van der Waals surface area contributed by atoms with Crippen LogP contribution < -0.4 is 16.1 Å². The lowest BCUT2D eigenvalue weighted by Gasteiger charge is -2.20. The Kier molecular flexibility index (Phi) is 6.06. The SMILES string of the molecule is Cn1c(=O)c(C(=O)C[C@@H](Nc2cccc([NH+]([O-])O)c2)c2cccs2)c(O)c2ccccc21. The number of carbonyl (C=O) groups is 1. The number of nitrogens with zero attached hydrogens (tertiary/aromatic N) is 1. The second-order valence-corrected chi connectivity index (χ2v) is 8.31. The molecule has 0 aliphatic heterocycles. The van der Waals surface area contributed by atoms with Crippen LogP contribution in [0.1, 0.15) is 27.7 Å². The second-order valence-electron chi connectivity index (χ2n) is 7.33. The Morgan fingerprint density at radius 1 is 1.19 bits per heavy atom. The Bertz CT molecular complexity index is 1330. The van der Waals surface area contributed by atoms with Gasteiger partial charge in [0.25, 0.3) is 5.56 Å². The molecule has 0 bridgehead atoms. The van der Waals surface area contributed by atoms with Crippen molar-refractivity contribution in [2.75, 3.05) is 5.32 Å². The Balaban J connectivity index is 1.70. The predicted octanol–water partition coefficient (Wildman–Crippen LogP) is 3.14. The summed E-state index contributed by atoms with van der Waals surface area (Å²) in [4.78, 5) is 27.0. The smallest absolute Gasteiger partial charge is 0.265 e. The molecule has 8 nitrogen and oxygen atoms in total. The van der Waals surface area contributed by atoms with Crippen molar-refractivity contribution in [1.82, 2.24) is 4.57 Å². The summed E-state index contributed by atoms with van der Waals surface area (Å²) in [7, 11) is 1.56. The van der Waals surface area contributed by atoms with Crippen molar-refractivity contribution in [3.05, 3.63) is 92.0 Å². The van der Waals surface area contributed by atoms with E-state index in [0.717, 1.165) is 4.88 Å². The van der Waals surface area contributed by atoms with Gasteiger partial charge >= 0.3 is 0 Å². The number of fused-ring (bicyclic) bond motifs is 1. The number of para-hydroxylation sites is 1. The highest BCUT2D eigenvalue weighted by atomic mass is 32.1. The number of Topliss-reactive ketones (excluding diaryl/α,β-unsaturated/α-hetero) is 1. The topological polar surface area (TPSA) is 119 Å². The Labute approximate surface area is 187 Å². The third-order valence-electron chi connectivity index (χ3n) is 5.28. The summed E-state index contributed by atoms with van der Waals surface area (Å²) in [6, 6.07) is 16.3. The molecular formula is C23H21N3O5S. The maximum absolute atomic E-state index is 13.3. The molecule has 1 unspecified atom stereocenters. The molecule has 164 valence electrons. The van der Waals surface area contributed by atoms with Crippen molar-refractivity contribution in [1.29, 1.82) is 0 Å². The summed E-state index contributed by atoms with van der Waals surface area (Å²) in [6.45, 7) is 0. The van der Waals surface area contributed by atoms with Gasteiger partial charge in [0.05, 0.1) is 11.6 Å². The molecular weight excluding hydrogens is 430 g/mol. The number of aromatic hydroxyl groups is 1. The lowest BCUT2D eigenvalue weighted by atomic mass is 10.0. The number of hydrogen-bond donors (Lipinski definition) is 4.